The highest BCUT2D eigenvalue weighted by atomic mass is 16.1. The molecule has 0 spiro atoms. The van der Waals surface area contributed by atoms with Gasteiger partial charge in [-0.3, -0.25) is 4.79 Å². The third-order valence-electron chi connectivity index (χ3n) is 4.25. The second-order valence-electron chi connectivity index (χ2n) is 6.15. The molecule has 0 bridgehead atoms. The molecule has 28 heavy (non-hydrogen) atoms. The number of amides is 1. The first-order valence-electron chi connectivity index (χ1n) is 8.74. The van der Waals surface area contributed by atoms with Gasteiger partial charge < -0.3 is 17.0 Å². The highest BCUT2D eigenvalue weighted by molar-refractivity contribution is 6.01. The number of rotatable bonds is 6. The molecule has 0 saturated heterocycles. The fourth-order valence-corrected chi connectivity index (χ4v) is 2.89. The molecule has 3 aromatic rings. The van der Waals surface area contributed by atoms with Crippen LogP contribution in [0.2, 0.25) is 0 Å². The molecule has 0 heterocycles. The van der Waals surface area contributed by atoms with Crippen molar-refractivity contribution in [1.29, 1.82) is 0 Å². The van der Waals surface area contributed by atoms with E-state index >= 15 is 0 Å². The van der Waals surface area contributed by atoms with Gasteiger partial charge >= 0.3 is 0 Å². The van der Waals surface area contributed by atoms with Crippen LogP contribution in [-0.2, 0) is 6.54 Å². The van der Waals surface area contributed by atoms with Gasteiger partial charge in [0.1, 0.15) is 0 Å². The maximum Gasteiger partial charge on any atom is 0.252 e. The molecule has 0 atom stereocenters. The molecule has 0 aliphatic rings. The van der Waals surface area contributed by atoms with Crippen molar-refractivity contribution in [2.24, 2.45) is 21.9 Å². The quantitative estimate of drug-likeness (QED) is 0.352. The van der Waals surface area contributed by atoms with Crippen LogP contribution < -0.4 is 17.0 Å². The fourth-order valence-electron chi connectivity index (χ4n) is 2.89. The van der Waals surface area contributed by atoms with Gasteiger partial charge in [-0.25, -0.2) is 0 Å². The third kappa shape index (κ3) is 4.62. The Morgan fingerprint density at radius 2 is 1.57 bits per heavy atom. The molecule has 0 fully saturated rings. The Labute approximate surface area is 163 Å². The van der Waals surface area contributed by atoms with E-state index in [0.29, 0.717) is 12.1 Å². The second kappa shape index (κ2) is 9.14. The minimum absolute atomic E-state index is 0.138. The topological polar surface area (TPSA) is 106 Å². The molecule has 1 amide bonds. The van der Waals surface area contributed by atoms with Crippen LogP contribution in [-0.4, -0.2) is 18.3 Å². The number of carbonyl (C=O) groups excluding carboxylic acids is 1. The molecular formula is C22H21N5O. The predicted molar refractivity (Wildman–Crippen MR) is 113 cm³/mol. The van der Waals surface area contributed by atoms with Crippen molar-refractivity contribution in [2.75, 3.05) is 0 Å². The number of nitrogens with one attached hydrogen (secondary N) is 1. The van der Waals surface area contributed by atoms with E-state index in [2.05, 4.69) is 15.5 Å². The SMILES string of the molecule is NN=Cc1ccc(CNC(=O)c2ccccc2-c2cccc(C=NN)c2)cc1. The third-order valence-corrected chi connectivity index (χ3v) is 4.25. The van der Waals surface area contributed by atoms with E-state index in [9.17, 15) is 4.79 Å². The van der Waals surface area contributed by atoms with Crippen molar-refractivity contribution in [3.63, 3.8) is 0 Å². The second-order valence-corrected chi connectivity index (χ2v) is 6.15. The molecule has 140 valence electrons. The minimum atomic E-state index is -0.138. The zero-order valence-electron chi connectivity index (χ0n) is 15.2. The molecule has 0 aliphatic heterocycles. The van der Waals surface area contributed by atoms with Crippen molar-refractivity contribution in [3.8, 4) is 11.1 Å². The summed E-state index contributed by atoms with van der Waals surface area (Å²) >= 11 is 0. The minimum Gasteiger partial charge on any atom is -0.348 e. The van der Waals surface area contributed by atoms with E-state index in [1.165, 1.54) is 0 Å². The highest BCUT2D eigenvalue weighted by Gasteiger charge is 2.12. The van der Waals surface area contributed by atoms with Gasteiger partial charge in [-0.15, -0.1) is 0 Å². The molecule has 3 aromatic carbocycles. The maximum absolute atomic E-state index is 12.8. The molecule has 6 heteroatoms. The van der Waals surface area contributed by atoms with Crippen molar-refractivity contribution in [1.82, 2.24) is 5.32 Å². The zero-order chi connectivity index (χ0) is 19.8. The van der Waals surface area contributed by atoms with Gasteiger partial charge in [0.2, 0.25) is 0 Å². The van der Waals surface area contributed by atoms with Gasteiger partial charge in [0.15, 0.2) is 0 Å². The number of carbonyl (C=O) groups is 1. The van der Waals surface area contributed by atoms with Crippen LogP contribution in [0.15, 0.2) is 83.0 Å². The number of nitrogens with two attached hydrogens (primary N) is 2. The van der Waals surface area contributed by atoms with E-state index in [1.54, 1.807) is 12.4 Å². The molecule has 0 saturated carbocycles. The number of hydrogen-bond acceptors (Lipinski definition) is 5. The van der Waals surface area contributed by atoms with Crippen LogP contribution in [0.3, 0.4) is 0 Å². The summed E-state index contributed by atoms with van der Waals surface area (Å²) in [6, 6.07) is 22.9. The molecule has 0 aliphatic carbocycles. The first-order valence-corrected chi connectivity index (χ1v) is 8.74. The molecular weight excluding hydrogens is 350 g/mol. The molecule has 3 rings (SSSR count). The first-order chi connectivity index (χ1) is 13.7. The normalized spacial score (nSPS) is 11.1. The molecule has 5 N–H and O–H groups in total. The summed E-state index contributed by atoms with van der Waals surface area (Å²) < 4.78 is 0. The summed E-state index contributed by atoms with van der Waals surface area (Å²) in [6.45, 7) is 0.424. The van der Waals surface area contributed by atoms with Gasteiger partial charge in [0.05, 0.1) is 12.4 Å². The predicted octanol–water partition coefficient (Wildman–Crippen LogP) is 2.87. The van der Waals surface area contributed by atoms with Gasteiger partial charge in [-0.05, 0) is 39.9 Å². The Bertz CT molecular complexity index is 1010. The van der Waals surface area contributed by atoms with Crippen molar-refractivity contribution in [3.05, 3.63) is 95.1 Å². The lowest BCUT2D eigenvalue weighted by Crippen LogP contribution is -2.23. The van der Waals surface area contributed by atoms with E-state index in [-0.39, 0.29) is 5.91 Å². The summed E-state index contributed by atoms with van der Waals surface area (Å²) in [6.07, 6.45) is 3.15. The Kier molecular flexibility index (Phi) is 6.15. The average molecular weight is 371 g/mol. The summed E-state index contributed by atoms with van der Waals surface area (Å²) in [5.41, 5.74) is 5.15. The average Bonchev–Trinajstić information content (AvgIpc) is 2.74. The zero-order valence-corrected chi connectivity index (χ0v) is 15.2. The lowest BCUT2D eigenvalue weighted by molar-refractivity contribution is 0.0951. The summed E-state index contributed by atoms with van der Waals surface area (Å²) in [5.74, 6) is 10.3. The molecule has 0 aromatic heterocycles. The maximum atomic E-state index is 12.8. The number of hydrogen-bond donors (Lipinski definition) is 3. The standard InChI is InChI=1S/C22H21N5O/c23-26-14-17-10-8-16(9-11-17)13-25-22(28)21-7-2-1-6-20(21)19-5-3-4-18(12-19)15-27-24/h1-12,14-15H,13,23-24H2,(H,25,28). The van der Waals surface area contributed by atoms with E-state index in [0.717, 1.165) is 27.8 Å². The van der Waals surface area contributed by atoms with Crippen LogP contribution in [0.5, 0.6) is 0 Å². The smallest absolute Gasteiger partial charge is 0.252 e. The number of hydrazone groups is 2. The highest BCUT2D eigenvalue weighted by Crippen LogP contribution is 2.24. The monoisotopic (exact) mass is 371 g/mol. The molecule has 0 unspecified atom stereocenters. The van der Waals surface area contributed by atoms with Crippen molar-refractivity contribution >= 4 is 18.3 Å². The Morgan fingerprint density at radius 1 is 0.857 bits per heavy atom. The van der Waals surface area contributed by atoms with Crippen LogP contribution in [0.4, 0.5) is 0 Å². The Balaban J connectivity index is 1.78. The number of benzene rings is 3. The summed E-state index contributed by atoms with van der Waals surface area (Å²) in [4.78, 5) is 12.8. The van der Waals surface area contributed by atoms with Crippen LogP contribution in [0.25, 0.3) is 11.1 Å². The summed E-state index contributed by atoms with van der Waals surface area (Å²) in [5, 5.41) is 10.0. The van der Waals surface area contributed by atoms with Crippen LogP contribution >= 0.6 is 0 Å². The van der Waals surface area contributed by atoms with Gasteiger partial charge in [0.25, 0.3) is 5.91 Å². The Hall–Kier alpha value is -3.93. The van der Waals surface area contributed by atoms with E-state index in [1.807, 2.05) is 72.8 Å². The Morgan fingerprint density at radius 3 is 2.32 bits per heavy atom. The molecule has 0 radical (unpaired) electrons. The lowest BCUT2D eigenvalue weighted by Gasteiger charge is -2.11. The largest absolute Gasteiger partial charge is 0.348 e. The van der Waals surface area contributed by atoms with Gasteiger partial charge in [-0.1, -0.05) is 60.7 Å². The van der Waals surface area contributed by atoms with Crippen LogP contribution in [0, 0.1) is 0 Å². The van der Waals surface area contributed by atoms with Gasteiger partial charge in [-0.2, -0.15) is 10.2 Å². The molecule has 6 nitrogen and oxygen atoms in total. The lowest BCUT2D eigenvalue weighted by atomic mass is 9.97. The summed E-state index contributed by atoms with van der Waals surface area (Å²) in [7, 11) is 0. The van der Waals surface area contributed by atoms with Crippen molar-refractivity contribution in [2.45, 2.75) is 6.54 Å². The van der Waals surface area contributed by atoms with Crippen LogP contribution in [0.1, 0.15) is 27.0 Å². The number of nitrogens with zero attached hydrogens (tertiary/aromatic N) is 2. The van der Waals surface area contributed by atoms with Gasteiger partial charge in [0, 0.05) is 12.1 Å². The fraction of sp³-hybridized carbons (Fsp3) is 0.0455. The first kappa shape index (κ1) is 18.8. The van der Waals surface area contributed by atoms with E-state index in [4.69, 9.17) is 11.7 Å². The van der Waals surface area contributed by atoms with E-state index < -0.39 is 0 Å². The van der Waals surface area contributed by atoms with Crippen molar-refractivity contribution < 1.29 is 4.79 Å².